The van der Waals surface area contributed by atoms with Crippen LogP contribution in [-0.2, 0) is 9.59 Å². The lowest BCUT2D eigenvalue weighted by atomic mass is 10.0. The largest absolute Gasteiger partial charge is 0.481 e. The molecule has 1 amide bonds. The number of aryl methyl sites for hydroxylation is 1. The number of nitrogens with zero attached hydrogens (tertiary/aromatic N) is 1. The number of nitrogens with one attached hydrogen (secondary N) is 1. The third-order valence-corrected chi connectivity index (χ3v) is 2.21. The average molecular weight is 222 g/mol. The zero-order chi connectivity index (χ0) is 12.1. The summed E-state index contributed by atoms with van der Waals surface area (Å²) in [7, 11) is 0. The summed E-state index contributed by atoms with van der Waals surface area (Å²) in [5.41, 5.74) is 1.65. The molecule has 5 heteroatoms. The Balaban J connectivity index is 2.96. The minimum Gasteiger partial charge on any atom is -0.481 e. The zero-order valence-electron chi connectivity index (χ0n) is 9.23. The Morgan fingerprint density at radius 2 is 2.25 bits per heavy atom. The van der Waals surface area contributed by atoms with Gasteiger partial charge in [-0.15, -0.1) is 0 Å². The van der Waals surface area contributed by atoms with E-state index in [2.05, 4.69) is 10.3 Å². The molecular formula is C11H14N2O3. The third-order valence-electron chi connectivity index (χ3n) is 2.21. The molecular weight excluding hydrogens is 208 g/mol. The van der Waals surface area contributed by atoms with Crippen LogP contribution in [0.15, 0.2) is 18.5 Å². The lowest BCUT2D eigenvalue weighted by molar-refractivity contribution is -0.137. The first-order valence-corrected chi connectivity index (χ1v) is 4.90. The fourth-order valence-electron chi connectivity index (χ4n) is 1.50. The lowest BCUT2D eigenvalue weighted by Crippen LogP contribution is -2.28. The second-order valence-electron chi connectivity index (χ2n) is 3.58. The molecule has 0 fully saturated rings. The highest BCUT2D eigenvalue weighted by molar-refractivity contribution is 5.75. The Morgan fingerprint density at radius 3 is 2.75 bits per heavy atom. The summed E-state index contributed by atoms with van der Waals surface area (Å²) in [6.45, 7) is 3.22. The standard InChI is InChI=1S/C11H14N2O3/c1-7-3-4-12-6-9(7)10(5-11(15)16)13-8(2)14/h3-4,6,10H,5H2,1-2H3,(H,13,14)(H,15,16)/t10-/m0/s1. The Morgan fingerprint density at radius 1 is 1.56 bits per heavy atom. The van der Waals surface area contributed by atoms with Gasteiger partial charge in [0.1, 0.15) is 0 Å². The smallest absolute Gasteiger partial charge is 0.305 e. The maximum atomic E-state index is 11.0. The van der Waals surface area contributed by atoms with E-state index in [0.29, 0.717) is 0 Å². The molecule has 1 rings (SSSR count). The van der Waals surface area contributed by atoms with E-state index in [1.807, 2.05) is 6.92 Å². The second kappa shape index (κ2) is 5.25. The summed E-state index contributed by atoms with van der Waals surface area (Å²) < 4.78 is 0. The number of rotatable bonds is 4. The Labute approximate surface area is 93.5 Å². The van der Waals surface area contributed by atoms with Crippen LogP contribution < -0.4 is 5.32 Å². The fourth-order valence-corrected chi connectivity index (χ4v) is 1.50. The van der Waals surface area contributed by atoms with Crippen molar-refractivity contribution in [2.45, 2.75) is 26.3 Å². The monoisotopic (exact) mass is 222 g/mol. The number of carboxylic acids is 1. The summed E-state index contributed by atoms with van der Waals surface area (Å²) in [6, 6.07) is 1.26. The number of aromatic nitrogens is 1. The second-order valence-corrected chi connectivity index (χ2v) is 3.58. The van der Waals surface area contributed by atoms with Crippen LogP contribution in [-0.4, -0.2) is 22.0 Å². The van der Waals surface area contributed by atoms with E-state index >= 15 is 0 Å². The van der Waals surface area contributed by atoms with Crippen LogP contribution in [0.5, 0.6) is 0 Å². The first-order valence-electron chi connectivity index (χ1n) is 4.90. The van der Waals surface area contributed by atoms with E-state index in [-0.39, 0.29) is 12.3 Å². The van der Waals surface area contributed by atoms with E-state index in [0.717, 1.165) is 11.1 Å². The van der Waals surface area contributed by atoms with Crippen LogP contribution in [0.25, 0.3) is 0 Å². The van der Waals surface area contributed by atoms with Gasteiger partial charge in [0.15, 0.2) is 0 Å². The topological polar surface area (TPSA) is 79.3 Å². The van der Waals surface area contributed by atoms with Crippen LogP contribution in [0.1, 0.15) is 30.5 Å². The van der Waals surface area contributed by atoms with Crippen LogP contribution >= 0.6 is 0 Å². The molecule has 0 aliphatic carbocycles. The normalized spacial score (nSPS) is 11.9. The number of carboxylic acid groups (broad SMARTS) is 1. The van der Waals surface area contributed by atoms with E-state index in [1.165, 1.54) is 6.92 Å². The lowest BCUT2D eigenvalue weighted by Gasteiger charge is -2.17. The maximum absolute atomic E-state index is 11.0. The Kier molecular flexibility index (Phi) is 3.99. The van der Waals surface area contributed by atoms with E-state index in [4.69, 9.17) is 5.11 Å². The van der Waals surface area contributed by atoms with Gasteiger partial charge in [0, 0.05) is 19.3 Å². The molecule has 0 aliphatic heterocycles. The molecule has 1 atom stereocenters. The van der Waals surface area contributed by atoms with Crippen molar-refractivity contribution in [2.24, 2.45) is 0 Å². The number of carbonyl (C=O) groups excluding carboxylic acids is 1. The number of pyridine rings is 1. The van der Waals surface area contributed by atoms with Crippen LogP contribution in [0, 0.1) is 6.92 Å². The molecule has 5 nitrogen and oxygen atoms in total. The number of aliphatic carboxylic acids is 1. The third kappa shape index (κ3) is 3.34. The van der Waals surface area contributed by atoms with Crippen LogP contribution in [0.2, 0.25) is 0 Å². The van der Waals surface area contributed by atoms with E-state index in [9.17, 15) is 9.59 Å². The van der Waals surface area contributed by atoms with Gasteiger partial charge in [0.05, 0.1) is 12.5 Å². The van der Waals surface area contributed by atoms with Gasteiger partial charge in [-0.3, -0.25) is 14.6 Å². The van der Waals surface area contributed by atoms with Crippen molar-refractivity contribution in [3.05, 3.63) is 29.6 Å². The molecule has 16 heavy (non-hydrogen) atoms. The maximum Gasteiger partial charge on any atom is 0.305 e. The summed E-state index contributed by atoms with van der Waals surface area (Å²) in [5, 5.41) is 11.4. The first kappa shape index (κ1) is 12.2. The van der Waals surface area contributed by atoms with Gasteiger partial charge in [-0.05, 0) is 24.1 Å². The van der Waals surface area contributed by atoms with Gasteiger partial charge in [-0.1, -0.05) is 0 Å². The minimum atomic E-state index is -0.956. The molecule has 1 aromatic rings. The average Bonchev–Trinajstić information content (AvgIpc) is 2.15. The number of amides is 1. The van der Waals surface area contributed by atoms with Crippen LogP contribution in [0.3, 0.4) is 0 Å². The molecule has 0 aromatic carbocycles. The van der Waals surface area contributed by atoms with Crippen molar-refractivity contribution < 1.29 is 14.7 Å². The van der Waals surface area contributed by atoms with Gasteiger partial charge in [0.25, 0.3) is 0 Å². The van der Waals surface area contributed by atoms with Gasteiger partial charge in [-0.25, -0.2) is 0 Å². The molecule has 0 radical (unpaired) electrons. The summed E-state index contributed by atoms with van der Waals surface area (Å²) in [5.74, 6) is -1.21. The zero-order valence-corrected chi connectivity index (χ0v) is 9.23. The van der Waals surface area contributed by atoms with Crippen molar-refractivity contribution in [1.82, 2.24) is 10.3 Å². The van der Waals surface area contributed by atoms with Crippen molar-refractivity contribution in [2.75, 3.05) is 0 Å². The quantitative estimate of drug-likeness (QED) is 0.797. The number of carbonyl (C=O) groups is 2. The molecule has 2 N–H and O–H groups in total. The Hall–Kier alpha value is -1.91. The highest BCUT2D eigenvalue weighted by Gasteiger charge is 2.18. The molecule has 0 bridgehead atoms. The highest BCUT2D eigenvalue weighted by Crippen LogP contribution is 2.19. The predicted molar refractivity (Wildman–Crippen MR) is 57.8 cm³/mol. The number of hydrogen-bond acceptors (Lipinski definition) is 3. The molecule has 0 aliphatic rings. The molecule has 1 aromatic heterocycles. The Bertz CT molecular complexity index is 388. The summed E-state index contributed by atoms with van der Waals surface area (Å²) in [6.07, 6.45) is 3.06. The molecule has 0 unspecified atom stereocenters. The van der Waals surface area contributed by atoms with Crippen molar-refractivity contribution in [1.29, 1.82) is 0 Å². The van der Waals surface area contributed by atoms with Gasteiger partial charge < -0.3 is 10.4 Å². The predicted octanol–water partition coefficient (Wildman–Crippen LogP) is 1.04. The summed E-state index contributed by atoms with van der Waals surface area (Å²) in [4.78, 5) is 25.6. The molecule has 86 valence electrons. The van der Waals surface area contributed by atoms with E-state index in [1.54, 1.807) is 18.5 Å². The van der Waals surface area contributed by atoms with Crippen molar-refractivity contribution >= 4 is 11.9 Å². The fraction of sp³-hybridized carbons (Fsp3) is 0.364. The van der Waals surface area contributed by atoms with Gasteiger partial charge in [-0.2, -0.15) is 0 Å². The SMILES string of the molecule is CC(=O)N[C@@H](CC(=O)O)c1cnccc1C. The van der Waals surface area contributed by atoms with Gasteiger partial charge >= 0.3 is 5.97 Å². The highest BCUT2D eigenvalue weighted by atomic mass is 16.4. The molecule has 1 heterocycles. The van der Waals surface area contributed by atoms with Crippen molar-refractivity contribution in [3.8, 4) is 0 Å². The molecule has 0 saturated heterocycles. The molecule has 0 saturated carbocycles. The summed E-state index contributed by atoms with van der Waals surface area (Å²) >= 11 is 0. The van der Waals surface area contributed by atoms with Crippen LogP contribution in [0.4, 0.5) is 0 Å². The van der Waals surface area contributed by atoms with Crippen molar-refractivity contribution in [3.63, 3.8) is 0 Å². The minimum absolute atomic E-state index is 0.147. The molecule has 0 spiro atoms. The first-order chi connectivity index (χ1) is 7.50. The number of hydrogen-bond donors (Lipinski definition) is 2. The van der Waals surface area contributed by atoms with E-state index < -0.39 is 12.0 Å². The van der Waals surface area contributed by atoms with Gasteiger partial charge in [0.2, 0.25) is 5.91 Å².